The van der Waals surface area contributed by atoms with Crippen LogP contribution < -0.4 is 10.1 Å². The van der Waals surface area contributed by atoms with Crippen LogP contribution in [0.5, 0.6) is 5.88 Å². The van der Waals surface area contributed by atoms with Gasteiger partial charge >= 0.3 is 0 Å². The first-order valence-electron chi connectivity index (χ1n) is 12.7. The number of hydrogen-bond acceptors (Lipinski definition) is 5. The van der Waals surface area contributed by atoms with E-state index in [0.717, 1.165) is 48.8 Å². The number of carbonyl (C=O) groups is 1. The molecule has 1 aromatic heterocycles. The molecule has 2 heterocycles. The molecule has 190 valence electrons. The molecule has 1 aliphatic heterocycles. The average Bonchev–Trinajstić information content (AvgIpc) is 2.88. The summed E-state index contributed by atoms with van der Waals surface area (Å²) >= 11 is 6.17. The molecule has 2 N–H and O–H groups in total. The third-order valence-corrected chi connectivity index (χ3v) is 7.62. The van der Waals surface area contributed by atoms with E-state index in [4.69, 9.17) is 21.3 Å². The van der Waals surface area contributed by atoms with Crippen molar-refractivity contribution >= 4 is 17.5 Å². The largest absolute Gasteiger partial charge is 0.471 e. The molecule has 0 bridgehead atoms. The van der Waals surface area contributed by atoms with Crippen LogP contribution >= 0.6 is 11.6 Å². The molecule has 0 radical (unpaired) electrons. The van der Waals surface area contributed by atoms with Crippen molar-refractivity contribution in [2.24, 2.45) is 0 Å². The lowest BCUT2D eigenvalue weighted by molar-refractivity contribution is -0.138. The zero-order chi connectivity index (χ0) is 26.2. The number of nitrogens with zero attached hydrogens (tertiary/aromatic N) is 2. The fraction of sp³-hybridized carbons (Fsp3) is 0.367. The number of aromatic nitrogens is 1. The van der Waals surface area contributed by atoms with Crippen molar-refractivity contribution in [1.29, 1.82) is 5.26 Å². The van der Waals surface area contributed by atoms with E-state index in [1.54, 1.807) is 6.07 Å². The van der Waals surface area contributed by atoms with E-state index in [1.165, 1.54) is 13.8 Å². The number of ether oxygens (including phenoxy) is 1. The van der Waals surface area contributed by atoms with Gasteiger partial charge < -0.3 is 15.2 Å². The van der Waals surface area contributed by atoms with E-state index in [9.17, 15) is 15.2 Å². The molecule has 7 heteroatoms. The molecule has 37 heavy (non-hydrogen) atoms. The molecule has 1 amide bonds. The highest BCUT2D eigenvalue weighted by atomic mass is 35.5. The van der Waals surface area contributed by atoms with Crippen molar-refractivity contribution in [3.63, 3.8) is 0 Å². The van der Waals surface area contributed by atoms with Gasteiger partial charge in [0.2, 0.25) is 5.88 Å². The standard InChI is InChI=1S/C30H30ClN3O3/c1-29(2,36)28(35)33-25-17-30(14-6-3-7-15-30)37-27-24(25)16-23(19-10-12-21(31)13-11-19)26(34-27)22-9-5-4-8-20(22)18-32/h4-5,8-13,16,25,36H,3,6-7,14-15,17H2,1-2H3,(H,33,35). The molecule has 1 spiro atoms. The SMILES string of the molecule is CC(C)(O)C(=O)NC1CC2(CCCCC2)Oc2nc(-c3ccccc3C#N)c(-c3ccc(Cl)cc3)cc21. The number of benzene rings is 2. The molecule has 1 saturated carbocycles. The molecule has 1 fully saturated rings. The zero-order valence-corrected chi connectivity index (χ0v) is 21.8. The lowest BCUT2D eigenvalue weighted by atomic mass is 9.77. The molecule has 2 aliphatic rings. The molecule has 3 aromatic rings. The fourth-order valence-corrected chi connectivity index (χ4v) is 5.51. The predicted octanol–water partition coefficient (Wildman–Crippen LogP) is 6.35. The summed E-state index contributed by atoms with van der Waals surface area (Å²) in [5.74, 6) is 0.0258. The summed E-state index contributed by atoms with van der Waals surface area (Å²) in [5.41, 5.74) is 2.37. The summed E-state index contributed by atoms with van der Waals surface area (Å²) in [6.45, 7) is 2.97. The van der Waals surface area contributed by atoms with Crippen molar-refractivity contribution in [3.8, 4) is 34.3 Å². The first kappa shape index (κ1) is 25.3. The Hall–Kier alpha value is -3.40. The number of hydrogen-bond donors (Lipinski definition) is 2. The molecular formula is C30H30ClN3O3. The van der Waals surface area contributed by atoms with Gasteiger partial charge in [-0.3, -0.25) is 4.79 Å². The van der Waals surface area contributed by atoms with Crippen molar-refractivity contribution in [1.82, 2.24) is 10.3 Å². The fourth-order valence-electron chi connectivity index (χ4n) is 5.38. The number of nitriles is 1. The third kappa shape index (κ3) is 5.07. The van der Waals surface area contributed by atoms with E-state index in [0.29, 0.717) is 34.1 Å². The van der Waals surface area contributed by atoms with Crippen LogP contribution in [0.4, 0.5) is 0 Å². The molecular weight excluding hydrogens is 486 g/mol. The van der Waals surface area contributed by atoms with Crippen molar-refractivity contribution < 1.29 is 14.6 Å². The number of aliphatic hydroxyl groups is 1. The lowest BCUT2D eigenvalue weighted by Gasteiger charge is -2.44. The molecule has 5 rings (SSSR count). The number of halogens is 1. The van der Waals surface area contributed by atoms with E-state index >= 15 is 0 Å². The normalized spacial score (nSPS) is 18.4. The number of carbonyl (C=O) groups excluding carboxylic acids is 1. The van der Waals surface area contributed by atoms with Crippen LogP contribution in [0.1, 0.15) is 69.5 Å². The van der Waals surface area contributed by atoms with Crippen molar-refractivity contribution in [2.45, 2.75) is 69.6 Å². The van der Waals surface area contributed by atoms with E-state index in [-0.39, 0.29) is 6.04 Å². The zero-order valence-electron chi connectivity index (χ0n) is 21.1. The first-order chi connectivity index (χ1) is 17.7. The summed E-state index contributed by atoms with van der Waals surface area (Å²) in [4.78, 5) is 17.9. The van der Waals surface area contributed by atoms with Crippen LogP contribution in [0.3, 0.4) is 0 Å². The average molecular weight is 516 g/mol. The van der Waals surface area contributed by atoms with Crippen molar-refractivity contribution in [3.05, 3.63) is 70.7 Å². The lowest BCUT2D eigenvalue weighted by Crippen LogP contribution is -2.50. The third-order valence-electron chi connectivity index (χ3n) is 7.36. The van der Waals surface area contributed by atoms with Crippen LogP contribution in [0.2, 0.25) is 5.02 Å². The Morgan fingerprint density at radius 3 is 2.51 bits per heavy atom. The smallest absolute Gasteiger partial charge is 0.251 e. The predicted molar refractivity (Wildman–Crippen MR) is 143 cm³/mol. The van der Waals surface area contributed by atoms with Crippen LogP contribution in [-0.4, -0.2) is 27.2 Å². The molecule has 0 saturated heterocycles. The minimum Gasteiger partial charge on any atom is -0.471 e. The van der Waals surface area contributed by atoms with Crippen molar-refractivity contribution in [2.75, 3.05) is 0 Å². The first-order valence-corrected chi connectivity index (χ1v) is 13.1. The number of fused-ring (bicyclic) bond motifs is 1. The monoisotopic (exact) mass is 515 g/mol. The summed E-state index contributed by atoms with van der Waals surface area (Å²) in [6, 6.07) is 18.8. The Kier molecular flexibility index (Phi) is 6.70. The summed E-state index contributed by atoms with van der Waals surface area (Å²) in [6.07, 6.45) is 5.63. The van der Waals surface area contributed by atoms with Crippen LogP contribution in [0, 0.1) is 11.3 Å². The highest BCUT2D eigenvalue weighted by molar-refractivity contribution is 6.30. The Morgan fingerprint density at radius 1 is 1.14 bits per heavy atom. The highest BCUT2D eigenvalue weighted by Crippen LogP contribution is 2.48. The number of nitrogens with one attached hydrogen (secondary N) is 1. The molecule has 6 nitrogen and oxygen atoms in total. The maximum atomic E-state index is 12.9. The minimum absolute atomic E-state index is 0.375. The molecule has 1 unspecified atom stereocenters. The van der Waals surface area contributed by atoms with Crippen LogP contribution in [0.15, 0.2) is 54.6 Å². The second kappa shape index (κ2) is 9.81. The highest BCUT2D eigenvalue weighted by Gasteiger charge is 2.44. The van der Waals surface area contributed by atoms with Gasteiger partial charge in [0, 0.05) is 28.1 Å². The Bertz CT molecular complexity index is 1370. The minimum atomic E-state index is -1.52. The van der Waals surface area contributed by atoms with Gasteiger partial charge in [0.05, 0.1) is 23.4 Å². The van der Waals surface area contributed by atoms with Gasteiger partial charge in [0.25, 0.3) is 5.91 Å². The molecule has 1 aliphatic carbocycles. The second-order valence-corrected chi connectivity index (χ2v) is 11.0. The van der Waals surface area contributed by atoms with Gasteiger partial charge in [-0.2, -0.15) is 5.26 Å². The molecule has 1 atom stereocenters. The van der Waals surface area contributed by atoms with Crippen LogP contribution in [0.25, 0.3) is 22.4 Å². The van der Waals surface area contributed by atoms with E-state index in [1.807, 2.05) is 48.5 Å². The quantitative estimate of drug-likeness (QED) is 0.422. The van der Waals surface area contributed by atoms with Gasteiger partial charge in [-0.15, -0.1) is 0 Å². The topological polar surface area (TPSA) is 95.2 Å². The van der Waals surface area contributed by atoms with Gasteiger partial charge in [-0.05, 0) is 69.4 Å². The van der Waals surface area contributed by atoms with E-state index in [2.05, 4.69) is 11.4 Å². The summed E-state index contributed by atoms with van der Waals surface area (Å²) in [5, 5.41) is 23.9. The van der Waals surface area contributed by atoms with Gasteiger partial charge in [0.15, 0.2) is 0 Å². The summed E-state index contributed by atoms with van der Waals surface area (Å²) in [7, 11) is 0. The maximum Gasteiger partial charge on any atom is 0.251 e. The van der Waals surface area contributed by atoms with E-state index < -0.39 is 17.1 Å². The van der Waals surface area contributed by atoms with Gasteiger partial charge in [-0.1, -0.05) is 48.4 Å². The van der Waals surface area contributed by atoms with Crippen LogP contribution in [-0.2, 0) is 4.79 Å². The number of amides is 1. The number of pyridine rings is 1. The number of rotatable bonds is 4. The maximum absolute atomic E-state index is 12.9. The second-order valence-electron chi connectivity index (χ2n) is 10.6. The molecule has 2 aromatic carbocycles. The Morgan fingerprint density at radius 2 is 1.84 bits per heavy atom. The Labute approximate surface area is 222 Å². The van der Waals surface area contributed by atoms with Gasteiger partial charge in [0.1, 0.15) is 11.2 Å². The summed E-state index contributed by atoms with van der Waals surface area (Å²) < 4.78 is 6.67. The Balaban J connectivity index is 1.72. The van der Waals surface area contributed by atoms with Gasteiger partial charge in [-0.25, -0.2) is 4.98 Å².